The molecule has 1 aliphatic rings. The van der Waals surface area contributed by atoms with Gasteiger partial charge in [0.05, 0.1) is 10.7 Å². The quantitative estimate of drug-likeness (QED) is 0.374. The van der Waals surface area contributed by atoms with Crippen LogP contribution in [0.2, 0.25) is 5.02 Å². The molecule has 1 aliphatic heterocycles. The number of alkyl halides is 1. The first-order chi connectivity index (χ1) is 17.4. The van der Waals surface area contributed by atoms with Crippen molar-refractivity contribution in [2.75, 3.05) is 32.0 Å². The van der Waals surface area contributed by atoms with Crippen LogP contribution in [0.25, 0.3) is 0 Å². The van der Waals surface area contributed by atoms with Crippen molar-refractivity contribution in [2.24, 2.45) is 0 Å². The third-order valence-corrected chi connectivity index (χ3v) is 5.91. The highest BCUT2D eigenvalue weighted by Crippen LogP contribution is 2.27. The van der Waals surface area contributed by atoms with Gasteiger partial charge >= 0.3 is 11.9 Å². The van der Waals surface area contributed by atoms with Gasteiger partial charge in [0.15, 0.2) is 0 Å². The summed E-state index contributed by atoms with van der Waals surface area (Å²) in [6, 6.07) is 7.78. The molecule has 0 aliphatic carbocycles. The van der Waals surface area contributed by atoms with Crippen LogP contribution >= 0.6 is 11.6 Å². The fraction of sp³-hybridized carbons (Fsp3) is 0.360. The van der Waals surface area contributed by atoms with Crippen molar-refractivity contribution < 1.29 is 33.4 Å². The number of nitrogens with zero attached hydrogens (tertiary/aromatic N) is 2. The number of anilines is 1. The molecule has 0 bridgehead atoms. The molecular weight excluding hydrogens is 510 g/mol. The second-order valence-corrected chi connectivity index (χ2v) is 8.81. The number of hydrogen-bond acceptors (Lipinski definition) is 6. The molecule has 12 heteroatoms. The normalized spacial score (nSPS) is 14.6. The number of likely N-dealkylation sites (tertiary alicyclic amines) is 1. The number of carbonyl (C=O) groups excluding carboxylic acids is 1. The Morgan fingerprint density at radius 2 is 1.76 bits per heavy atom. The maximum atomic E-state index is 15.1. The Bertz CT molecular complexity index is 1140. The lowest BCUT2D eigenvalue weighted by atomic mass is 9.92. The average molecular weight is 539 g/mol. The number of aromatic nitrogens is 1. The highest BCUT2D eigenvalue weighted by atomic mass is 35.5. The number of amides is 1. The molecule has 0 spiro atoms. The number of halogens is 3. The zero-order valence-electron chi connectivity index (χ0n) is 20.4. The maximum absolute atomic E-state index is 15.1. The number of benzene rings is 1. The summed E-state index contributed by atoms with van der Waals surface area (Å²) >= 11 is 5.75. The molecule has 0 radical (unpaired) electrons. The molecule has 2 heterocycles. The van der Waals surface area contributed by atoms with Crippen molar-refractivity contribution in [3.05, 3.63) is 70.1 Å². The Morgan fingerprint density at radius 3 is 2.30 bits per heavy atom. The predicted octanol–water partition coefficient (Wildman–Crippen LogP) is 3.67. The monoisotopic (exact) mass is 538 g/mol. The zero-order chi connectivity index (χ0) is 27.6. The van der Waals surface area contributed by atoms with Crippen LogP contribution in [0.4, 0.5) is 14.6 Å². The molecule has 4 N–H and O–H groups in total. The van der Waals surface area contributed by atoms with Crippen LogP contribution in [-0.4, -0.2) is 70.3 Å². The first-order valence-electron chi connectivity index (χ1n) is 11.4. The Balaban J connectivity index is 0.000000521. The van der Waals surface area contributed by atoms with Gasteiger partial charge in [-0.05, 0) is 36.8 Å². The van der Waals surface area contributed by atoms with Gasteiger partial charge in [0.1, 0.15) is 17.3 Å². The summed E-state index contributed by atoms with van der Waals surface area (Å²) < 4.78 is 28.4. The molecule has 1 fully saturated rings. The first kappa shape index (κ1) is 29.7. The average Bonchev–Trinajstić information content (AvgIpc) is 2.86. The summed E-state index contributed by atoms with van der Waals surface area (Å²) in [5.74, 6) is -2.53. The molecule has 2 aromatic rings. The topological polar surface area (TPSA) is 132 Å². The Morgan fingerprint density at radius 1 is 1.14 bits per heavy atom. The Labute approximate surface area is 218 Å². The molecule has 1 saturated heterocycles. The van der Waals surface area contributed by atoms with Crippen molar-refractivity contribution in [2.45, 2.75) is 32.0 Å². The Kier molecular flexibility index (Phi) is 10.9. The van der Waals surface area contributed by atoms with Gasteiger partial charge in [-0.3, -0.25) is 4.79 Å². The highest BCUT2D eigenvalue weighted by molar-refractivity contribution is 6.31. The van der Waals surface area contributed by atoms with E-state index in [2.05, 4.69) is 15.6 Å². The van der Waals surface area contributed by atoms with Gasteiger partial charge < -0.3 is 25.7 Å². The van der Waals surface area contributed by atoms with Crippen LogP contribution in [0.3, 0.4) is 0 Å². The minimum absolute atomic E-state index is 0.0944. The molecule has 9 nitrogen and oxygen atoms in total. The fourth-order valence-electron chi connectivity index (χ4n) is 3.58. The summed E-state index contributed by atoms with van der Waals surface area (Å²) in [6.07, 6.45) is 1.60. The van der Waals surface area contributed by atoms with Gasteiger partial charge in [0.2, 0.25) is 0 Å². The summed E-state index contributed by atoms with van der Waals surface area (Å²) in [5.41, 5.74) is 0.821. The van der Waals surface area contributed by atoms with E-state index in [0.29, 0.717) is 37.3 Å². The highest BCUT2D eigenvalue weighted by Gasteiger charge is 2.36. The molecular formula is C25H29ClF2N4O5. The minimum atomic E-state index is -1.38. The number of carbonyl (C=O) groups is 3. The van der Waals surface area contributed by atoms with E-state index in [1.807, 2.05) is 26.1 Å². The third-order valence-electron chi connectivity index (χ3n) is 5.62. The van der Waals surface area contributed by atoms with Crippen molar-refractivity contribution in [1.29, 1.82) is 0 Å². The molecule has 0 saturated carbocycles. The maximum Gasteiger partial charge on any atom is 0.328 e. The van der Waals surface area contributed by atoms with Crippen LogP contribution in [0.5, 0.6) is 0 Å². The van der Waals surface area contributed by atoms with Gasteiger partial charge in [-0.2, -0.15) is 0 Å². The zero-order valence-corrected chi connectivity index (χ0v) is 21.2. The standard InChI is InChI=1S/C21H25ClF2N4O.C4H4O4/c1-14-3-5-16(27-19(14)25-2)12-26-13-21(24)7-9-28(10-8-21)20(29)15-4-6-18(23)17(22)11-15;5-3(6)1-2-4(7)8/h3-6,11,26H,7-10,12-13H2,1-2H3,(H,25,27);1-2H,(H,5,6)(H,7,8). The number of nitrogens with one attached hydrogen (secondary N) is 2. The van der Waals surface area contributed by atoms with E-state index < -0.39 is 23.4 Å². The number of piperidine rings is 1. The van der Waals surface area contributed by atoms with Gasteiger partial charge in [-0.25, -0.2) is 23.4 Å². The van der Waals surface area contributed by atoms with Crippen molar-refractivity contribution in [3.63, 3.8) is 0 Å². The van der Waals surface area contributed by atoms with E-state index in [1.54, 1.807) is 4.90 Å². The second kappa shape index (κ2) is 13.7. The minimum Gasteiger partial charge on any atom is -0.478 e. The number of aliphatic carboxylic acids is 2. The van der Waals surface area contributed by atoms with Crippen LogP contribution in [0.1, 0.15) is 34.5 Å². The largest absolute Gasteiger partial charge is 0.478 e. The lowest BCUT2D eigenvalue weighted by molar-refractivity contribution is -0.134. The van der Waals surface area contributed by atoms with Gasteiger partial charge in [0.25, 0.3) is 5.91 Å². The molecule has 0 atom stereocenters. The number of rotatable bonds is 8. The smallest absolute Gasteiger partial charge is 0.328 e. The molecule has 37 heavy (non-hydrogen) atoms. The lowest BCUT2D eigenvalue weighted by Gasteiger charge is -2.36. The van der Waals surface area contributed by atoms with Crippen LogP contribution < -0.4 is 10.6 Å². The van der Waals surface area contributed by atoms with E-state index in [4.69, 9.17) is 21.8 Å². The number of pyridine rings is 1. The van der Waals surface area contributed by atoms with E-state index in [0.717, 1.165) is 17.1 Å². The second-order valence-electron chi connectivity index (χ2n) is 8.40. The summed E-state index contributed by atoms with van der Waals surface area (Å²) in [7, 11) is 1.82. The number of carboxylic acids is 2. The Hall–Kier alpha value is -3.57. The number of aryl methyl sites for hydroxylation is 1. The summed E-state index contributed by atoms with van der Waals surface area (Å²) in [4.78, 5) is 37.7. The molecule has 3 rings (SSSR count). The van der Waals surface area contributed by atoms with E-state index in [9.17, 15) is 18.8 Å². The predicted molar refractivity (Wildman–Crippen MR) is 135 cm³/mol. The SMILES string of the molecule is CNc1nc(CNCC2(F)CCN(C(=O)c3ccc(F)c(Cl)c3)CC2)ccc1C.O=C(O)C=CC(=O)O. The molecule has 1 aromatic carbocycles. The lowest BCUT2D eigenvalue weighted by Crippen LogP contribution is -2.48. The third kappa shape index (κ3) is 9.43. The number of hydrogen-bond donors (Lipinski definition) is 4. The molecule has 1 aromatic heterocycles. The summed E-state index contributed by atoms with van der Waals surface area (Å²) in [6.45, 7) is 3.25. The van der Waals surface area contributed by atoms with E-state index in [1.165, 1.54) is 18.2 Å². The van der Waals surface area contributed by atoms with E-state index in [-0.39, 0.29) is 30.3 Å². The summed E-state index contributed by atoms with van der Waals surface area (Å²) in [5, 5.41) is 21.7. The number of carboxylic acid groups (broad SMARTS) is 2. The van der Waals surface area contributed by atoms with Crippen LogP contribution in [0.15, 0.2) is 42.5 Å². The van der Waals surface area contributed by atoms with Crippen molar-refractivity contribution in [3.8, 4) is 0 Å². The van der Waals surface area contributed by atoms with Crippen molar-refractivity contribution >= 4 is 35.3 Å². The molecule has 1 amide bonds. The van der Waals surface area contributed by atoms with Gasteiger partial charge in [-0.15, -0.1) is 0 Å². The van der Waals surface area contributed by atoms with E-state index >= 15 is 4.39 Å². The molecule has 0 unspecified atom stereocenters. The van der Waals surface area contributed by atoms with Crippen LogP contribution in [0, 0.1) is 12.7 Å². The fourth-order valence-corrected chi connectivity index (χ4v) is 3.76. The van der Waals surface area contributed by atoms with Gasteiger partial charge in [0, 0.05) is 63.8 Å². The first-order valence-corrected chi connectivity index (χ1v) is 11.7. The van der Waals surface area contributed by atoms with Gasteiger partial charge in [-0.1, -0.05) is 17.7 Å². The molecule has 200 valence electrons. The van der Waals surface area contributed by atoms with Crippen molar-refractivity contribution in [1.82, 2.24) is 15.2 Å². The van der Waals surface area contributed by atoms with Crippen LogP contribution in [-0.2, 0) is 16.1 Å².